The van der Waals surface area contributed by atoms with E-state index in [0.29, 0.717) is 5.56 Å². The van der Waals surface area contributed by atoms with Gasteiger partial charge in [-0.15, -0.1) is 0 Å². The molecule has 108 valence electrons. The van der Waals surface area contributed by atoms with Crippen LogP contribution in [0.5, 0.6) is 0 Å². The zero-order chi connectivity index (χ0) is 15.2. The van der Waals surface area contributed by atoms with E-state index < -0.39 is 0 Å². The molecule has 0 aliphatic heterocycles. The maximum atomic E-state index is 11.9. The van der Waals surface area contributed by atoms with Crippen LogP contribution < -0.4 is 10.3 Å². The van der Waals surface area contributed by atoms with Crippen LogP contribution in [0.1, 0.15) is 21.5 Å². The van der Waals surface area contributed by atoms with Crippen molar-refractivity contribution < 1.29 is 4.79 Å². The molecule has 0 unspecified atom stereocenters. The summed E-state index contributed by atoms with van der Waals surface area (Å²) in [5.41, 5.74) is 6.24. The van der Waals surface area contributed by atoms with Gasteiger partial charge in [0.15, 0.2) is 0 Å². The van der Waals surface area contributed by atoms with Crippen molar-refractivity contribution in [2.45, 2.75) is 6.92 Å². The van der Waals surface area contributed by atoms with E-state index in [1.807, 2.05) is 68.4 Å². The first-order chi connectivity index (χ1) is 10.1. The number of nitrogens with zero attached hydrogens (tertiary/aromatic N) is 2. The Hall–Kier alpha value is -2.62. The Balaban J connectivity index is 1.97. The van der Waals surface area contributed by atoms with E-state index in [4.69, 9.17) is 0 Å². The van der Waals surface area contributed by atoms with Crippen LogP contribution in [0.3, 0.4) is 0 Å². The van der Waals surface area contributed by atoms with Crippen LogP contribution in [-0.4, -0.2) is 26.2 Å². The summed E-state index contributed by atoms with van der Waals surface area (Å²) < 4.78 is 0. The number of carbonyl (C=O) groups excluding carboxylic acids is 1. The summed E-state index contributed by atoms with van der Waals surface area (Å²) in [5.74, 6) is -0.208. The molecule has 0 fully saturated rings. The molecule has 1 N–H and O–H groups in total. The predicted octanol–water partition coefficient (Wildman–Crippen LogP) is 2.82. The van der Waals surface area contributed by atoms with Gasteiger partial charge in [-0.1, -0.05) is 29.8 Å². The molecule has 2 aromatic rings. The number of rotatable bonds is 4. The normalized spacial score (nSPS) is 10.6. The second-order valence-corrected chi connectivity index (χ2v) is 5.05. The molecule has 4 heteroatoms. The minimum atomic E-state index is -0.208. The summed E-state index contributed by atoms with van der Waals surface area (Å²) in [6.07, 6.45) is 1.63. The SMILES string of the molecule is Cc1cccc(C(=O)N/N=C\c2ccc(N(C)C)cc2)c1. The zero-order valence-electron chi connectivity index (χ0n) is 12.5. The lowest BCUT2D eigenvalue weighted by Gasteiger charge is -2.11. The lowest BCUT2D eigenvalue weighted by atomic mass is 10.1. The number of aryl methyl sites for hydroxylation is 1. The summed E-state index contributed by atoms with van der Waals surface area (Å²) in [6, 6.07) is 15.3. The quantitative estimate of drug-likeness (QED) is 0.692. The van der Waals surface area contributed by atoms with E-state index in [-0.39, 0.29) is 5.91 Å². The molecule has 0 heterocycles. The van der Waals surface area contributed by atoms with Crippen molar-refractivity contribution in [2.24, 2.45) is 5.10 Å². The largest absolute Gasteiger partial charge is 0.378 e. The average Bonchev–Trinajstić information content (AvgIpc) is 2.47. The number of anilines is 1. The summed E-state index contributed by atoms with van der Waals surface area (Å²) in [6.45, 7) is 1.95. The molecule has 4 nitrogen and oxygen atoms in total. The fourth-order valence-corrected chi connectivity index (χ4v) is 1.87. The van der Waals surface area contributed by atoms with Crippen LogP contribution in [-0.2, 0) is 0 Å². The number of hydrogen-bond donors (Lipinski definition) is 1. The third-order valence-electron chi connectivity index (χ3n) is 3.07. The molecule has 2 rings (SSSR count). The minimum Gasteiger partial charge on any atom is -0.378 e. The maximum Gasteiger partial charge on any atom is 0.271 e. The molecule has 2 aromatic carbocycles. The van der Waals surface area contributed by atoms with Gasteiger partial charge in [-0.2, -0.15) is 5.10 Å². The van der Waals surface area contributed by atoms with Gasteiger partial charge in [0.2, 0.25) is 0 Å². The van der Waals surface area contributed by atoms with Gasteiger partial charge in [-0.05, 0) is 36.8 Å². The smallest absolute Gasteiger partial charge is 0.271 e. The molecule has 0 radical (unpaired) electrons. The first-order valence-corrected chi connectivity index (χ1v) is 6.74. The summed E-state index contributed by atoms with van der Waals surface area (Å²) in [7, 11) is 3.98. The van der Waals surface area contributed by atoms with Crippen LogP contribution in [0.2, 0.25) is 0 Å². The number of carbonyl (C=O) groups is 1. The highest BCUT2D eigenvalue weighted by Crippen LogP contribution is 2.10. The second-order valence-electron chi connectivity index (χ2n) is 5.05. The topological polar surface area (TPSA) is 44.7 Å². The van der Waals surface area contributed by atoms with Crippen molar-refractivity contribution in [2.75, 3.05) is 19.0 Å². The van der Waals surface area contributed by atoms with Crippen LogP contribution in [0, 0.1) is 6.92 Å². The van der Waals surface area contributed by atoms with Gasteiger partial charge in [0, 0.05) is 25.3 Å². The Morgan fingerprint density at radius 2 is 1.86 bits per heavy atom. The van der Waals surface area contributed by atoms with Crippen molar-refractivity contribution in [1.82, 2.24) is 5.43 Å². The highest BCUT2D eigenvalue weighted by atomic mass is 16.2. The molecule has 0 aliphatic carbocycles. The van der Waals surface area contributed by atoms with Gasteiger partial charge in [0.05, 0.1) is 6.21 Å². The van der Waals surface area contributed by atoms with Crippen molar-refractivity contribution in [3.8, 4) is 0 Å². The third-order valence-corrected chi connectivity index (χ3v) is 3.07. The fourth-order valence-electron chi connectivity index (χ4n) is 1.87. The van der Waals surface area contributed by atoms with Crippen LogP contribution in [0.4, 0.5) is 5.69 Å². The molecule has 0 aromatic heterocycles. The first kappa shape index (κ1) is 14.8. The lowest BCUT2D eigenvalue weighted by molar-refractivity contribution is 0.0955. The molecule has 0 aliphatic rings. The summed E-state index contributed by atoms with van der Waals surface area (Å²) >= 11 is 0. The highest BCUT2D eigenvalue weighted by Gasteiger charge is 2.03. The van der Waals surface area contributed by atoms with E-state index in [9.17, 15) is 4.79 Å². The Kier molecular flexibility index (Phi) is 4.72. The minimum absolute atomic E-state index is 0.208. The molecular weight excluding hydrogens is 262 g/mol. The van der Waals surface area contributed by atoms with Gasteiger partial charge in [-0.25, -0.2) is 5.43 Å². The predicted molar refractivity (Wildman–Crippen MR) is 87.0 cm³/mol. The number of hydrogen-bond acceptors (Lipinski definition) is 3. The Bertz CT molecular complexity index is 645. The summed E-state index contributed by atoms with van der Waals surface area (Å²) in [4.78, 5) is 13.9. The Labute approximate surface area is 125 Å². The number of nitrogens with one attached hydrogen (secondary N) is 1. The first-order valence-electron chi connectivity index (χ1n) is 6.74. The molecular formula is C17H19N3O. The van der Waals surface area contributed by atoms with Crippen LogP contribution in [0.25, 0.3) is 0 Å². The van der Waals surface area contributed by atoms with Gasteiger partial charge >= 0.3 is 0 Å². The average molecular weight is 281 g/mol. The van der Waals surface area contributed by atoms with E-state index in [2.05, 4.69) is 10.5 Å². The van der Waals surface area contributed by atoms with Crippen molar-refractivity contribution in [3.05, 3.63) is 65.2 Å². The van der Waals surface area contributed by atoms with Crippen LogP contribution >= 0.6 is 0 Å². The Morgan fingerprint density at radius 1 is 1.14 bits per heavy atom. The third kappa shape index (κ3) is 4.18. The monoisotopic (exact) mass is 281 g/mol. The van der Waals surface area contributed by atoms with Crippen molar-refractivity contribution in [3.63, 3.8) is 0 Å². The molecule has 21 heavy (non-hydrogen) atoms. The zero-order valence-corrected chi connectivity index (χ0v) is 12.5. The molecule has 0 saturated heterocycles. The van der Waals surface area contributed by atoms with E-state index >= 15 is 0 Å². The number of hydrazone groups is 1. The van der Waals surface area contributed by atoms with Gasteiger partial charge in [0.1, 0.15) is 0 Å². The van der Waals surface area contributed by atoms with Gasteiger partial charge in [0.25, 0.3) is 5.91 Å². The molecule has 1 amide bonds. The number of benzene rings is 2. The molecule has 0 saturated carbocycles. The van der Waals surface area contributed by atoms with Crippen molar-refractivity contribution in [1.29, 1.82) is 0 Å². The lowest BCUT2D eigenvalue weighted by Crippen LogP contribution is -2.17. The van der Waals surface area contributed by atoms with E-state index in [1.54, 1.807) is 12.3 Å². The van der Waals surface area contributed by atoms with E-state index in [1.165, 1.54) is 0 Å². The molecule has 0 atom stereocenters. The standard InChI is InChI=1S/C17H19N3O/c1-13-5-4-6-15(11-13)17(21)19-18-12-14-7-9-16(10-8-14)20(2)3/h4-12H,1-3H3,(H,19,21)/b18-12-. The molecule has 0 bridgehead atoms. The number of amides is 1. The maximum absolute atomic E-state index is 11.9. The summed E-state index contributed by atoms with van der Waals surface area (Å²) in [5, 5.41) is 3.98. The van der Waals surface area contributed by atoms with Gasteiger partial charge < -0.3 is 4.90 Å². The Morgan fingerprint density at radius 3 is 2.48 bits per heavy atom. The highest BCUT2D eigenvalue weighted by molar-refractivity contribution is 5.95. The second kappa shape index (κ2) is 6.70. The molecule has 0 spiro atoms. The van der Waals surface area contributed by atoms with Crippen LogP contribution in [0.15, 0.2) is 53.6 Å². The fraction of sp³-hybridized carbons (Fsp3) is 0.176. The van der Waals surface area contributed by atoms with Gasteiger partial charge in [-0.3, -0.25) is 4.79 Å². The van der Waals surface area contributed by atoms with E-state index in [0.717, 1.165) is 16.8 Å². The van der Waals surface area contributed by atoms with Crippen molar-refractivity contribution >= 4 is 17.8 Å².